The van der Waals surface area contributed by atoms with E-state index in [0.717, 1.165) is 12.1 Å². The van der Waals surface area contributed by atoms with Gasteiger partial charge in [0.1, 0.15) is 0 Å². The van der Waals surface area contributed by atoms with Crippen molar-refractivity contribution in [2.45, 2.75) is 30.2 Å². The molecule has 1 aromatic heterocycles. The van der Waals surface area contributed by atoms with Crippen LogP contribution in [0.4, 0.5) is 13.2 Å². The first kappa shape index (κ1) is 16.5. The number of nitrogens with zero attached hydrogens (tertiary/aromatic N) is 3. The number of hydrogen-bond acceptors (Lipinski definition) is 5. The highest BCUT2D eigenvalue weighted by Crippen LogP contribution is 2.37. The molecule has 0 atom stereocenters. The van der Waals surface area contributed by atoms with E-state index in [1.54, 1.807) is 0 Å². The molecule has 2 fully saturated rings. The number of benzene rings is 1. The van der Waals surface area contributed by atoms with E-state index in [1.165, 1.54) is 16.4 Å². The van der Waals surface area contributed by atoms with Gasteiger partial charge in [0.15, 0.2) is 0 Å². The first-order chi connectivity index (χ1) is 11.7. The van der Waals surface area contributed by atoms with Crippen molar-refractivity contribution in [1.29, 1.82) is 0 Å². The maximum Gasteiger partial charge on any atom is 0.416 e. The summed E-state index contributed by atoms with van der Waals surface area (Å²) in [6.45, 7) is 0.534. The Morgan fingerprint density at radius 1 is 1.20 bits per heavy atom. The Kier molecular flexibility index (Phi) is 3.66. The summed E-state index contributed by atoms with van der Waals surface area (Å²) in [6.07, 6.45) is -3.05. The Labute approximate surface area is 141 Å². The van der Waals surface area contributed by atoms with Crippen molar-refractivity contribution in [3.8, 4) is 11.4 Å². The zero-order valence-corrected chi connectivity index (χ0v) is 13.7. The number of halogens is 3. The van der Waals surface area contributed by atoms with E-state index >= 15 is 0 Å². The van der Waals surface area contributed by atoms with E-state index in [1.807, 2.05) is 0 Å². The van der Waals surface area contributed by atoms with E-state index in [4.69, 9.17) is 4.52 Å². The van der Waals surface area contributed by atoms with Gasteiger partial charge in [0.25, 0.3) is 0 Å². The fraction of sp³-hybridized carbons (Fsp3) is 0.467. The molecule has 1 aromatic carbocycles. The van der Waals surface area contributed by atoms with Gasteiger partial charge in [-0.05, 0) is 25.0 Å². The van der Waals surface area contributed by atoms with Crippen LogP contribution in [0.3, 0.4) is 0 Å². The van der Waals surface area contributed by atoms with Gasteiger partial charge < -0.3 is 4.52 Å². The predicted molar refractivity (Wildman–Crippen MR) is 81.0 cm³/mol. The van der Waals surface area contributed by atoms with Crippen LogP contribution < -0.4 is 0 Å². The second kappa shape index (κ2) is 5.53. The van der Waals surface area contributed by atoms with Crippen LogP contribution in [0.5, 0.6) is 0 Å². The zero-order valence-electron chi connectivity index (χ0n) is 12.9. The maximum absolute atomic E-state index is 12.8. The Bertz CT molecular complexity index is 900. The zero-order chi connectivity index (χ0) is 17.8. The quantitative estimate of drug-likeness (QED) is 0.824. The number of sulfonamides is 1. The molecule has 0 N–H and O–H groups in total. The topological polar surface area (TPSA) is 76.3 Å². The Hall–Kier alpha value is -1.94. The number of aromatic nitrogens is 2. The third-order valence-corrected chi connectivity index (χ3v) is 6.72. The molecule has 2 heterocycles. The monoisotopic (exact) mass is 373 g/mol. The lowest BCUT2D eigenvalue weighted by Gasteiger charge is -2.35. The number of hydrogen-bond donors (Lipinski definition) is 0. The summed E-state index contributed by atoms with van der Waals surface area (Å²) in [7, 11) is -3.22. The van der Waals surface area contributed by atoms with E-state index in [2.05, 4.69) is 10.1 Å². The summed E-state index contributed by atoms with van der Waals surface area (Å²) < 4.78 is 69.0. The summed E-state index contributed by atoms with van der Waals surface area (Å²) in [6, 6.07) is 4.67. The van der Waals surface area contributed by atoms with Crippen LogP contribution in [0.15, 0.2) is 28.8 Å². The molecule has 0 bridgehead atoms. The Balaban J connectivity index is 1.49. The second-order valence-electron chi connectivity index (χ2n) is 6.29. The second-order valence-corrected chi connectivity index (χ2v) is 8.51. The first-order valence-corrected chi connectivity index (χ1v) is 9.25. The van der Waals surface area contributed by atoms with Crippen LogP contribution in [0.2, 0.25) is 0 Å². The average Bonchev–Trinajstić information content (AvgIpc) is 3.26. The number of rotatable bonds is 4. The van der Waals surface area contributed by atoms with Gasteiger partial charge in [-0.15, -0.1) is 0 Å². The van der Waals surface area contributed by atoms with Crippen LogP contribution in [0.25, 0.3) is 11.4 Å². The summed E-state index contributed by atoms with van der Waals surface area (Å²) in [5, 5.41) is 3.46. The summed E-state index contributed by atoms with van der Waals surface area (Å²) in [5.74, 6) is 0.0832. The summed E-state index contributed by atoms with van der Waals surface area (Å²) >= 11 is 0. The van der Waals surface area contributed by atoms with Crippen molar-refractivity contribution in [3.05, 3.63) is 35.7 Å². The van der Waals surface area contributed by atoms with Gasteiger partial charge in [0.05, 0.1) is 16.7 Å². The highest BCUT2D eigenvalue weighted by Gasteiger charge is 2.46. The molecule has 0 amide bonds. The first-order valence-electron chi connectivity index (χ1n) is 7.75. The molecule has 4 rings (SSSR count). The third-order valence-electron chi connectivity index (χ3n) is 4.39. The molecule has 134 valence electrons. The third kappa shape index (κ3) is 3.04. The predicted octanol–water partition coefficient (Wildman–Crippen LogP) is 2.65. The molecule has 0 unspecified atom stereocenters. The van der Waals surface area contributed by atoms with Crippen molar-refractivity contribution in [2.24, 2.45) is 0 Å². The van der Waals surface area contributed by atoms with E-state index in [0.29, 0.717) is 12.8 Å². The van der Waals surface area contributed by atoms with Gasteiger partial charge in [-0.3, -0.25) is 0 Å². The molecule has 10 heteroatoms. The van der Waals surface area contributed by atoms with Gasteiger partial charge in [0.2, 0.25) is 21.7 Å². The molecular weight excluding hydrogens is 359 g/mol. The number of alkyl halides is 3. The van der Waals surface area contributed by atoms with Crippen LogP contribution in [-0.4, -0.2) is 41.2 Å². The molecule has 0 radical (unpaired) electrons. The summed E-state index contributed by atoms with van der Waals surface area (Å²) in [5.41, 5.74) is -0.590. The standard InChI is InChI=1S/C15H14F3N3O3S/c16-15(17,18)11-3-1-2-9(6-11)13-19-14(24-20-13)10-7-21(8-10)25(22,23)12-4-5-12/h1-3,6,10,12H,4-5,7-8H2. The minimum absolute atomic E-state index is 0.0598. The largest absolute Gasteiger partial charge is 0.416 e. The average molecular weight is 373 g/mol. The molecule has 0 spiro atoms. The van der Waals surface area contributed by atoms with Gasteiger partial charge in [0, 0.05) is 18.7 Å². The van der Waals surface area contributed by atoms with Gasteiger partial charge in [-0.2, -0.15) is 22.5 Å². The normalized spacial score (nSPS) is 19.8. The SMILES string of the molecule is O=S(=O)(C1CC1)N1CC(c2nc(-c3cccc(C(F)(F)F)c3)no2)C1. The van der Waals surface area contributed by atoms with Crippen molar-refractivity contribution < 1.29 is 26.1 Å². The molecule has 6 nitrogen and oxygen atoms in total. The van der Waals surface area contributed by atoms with Crippen molar-refractivity contribution >= 4 is 10.0 Å². The van der Waals surface area contributed by atoms with Crippen molar-refractivity contribution in [2.75, 3.05) is 13.1 Å². The van der Waals surface area contributed by atoms with Crippen molar-refractivity contribution in [1.82, 2.24) is 14.4 Å². The fourth-order valence-electron chi connectivity index (χ4n) is 2.73. The van der Waals surface area contributed by atoms with Crippen LogP contribution in [-0.2, 0) is 16.2 Å². The minimum atomic E-state index is -4.45. The molecule has 1 saturated heterocycles. The lowest BCUT2D eigenvalue weighted by molar-refractivity contribution is -0.137. The lowest BCUT2D eigenvalue weighted by atomic mass is 10.0. The van der Waals surface area contributed by atoms with Crippen LogP contribution in [0, 0.1) is 0 Å². The van der Waals surface area contributed by atoms with Crippen LogP contribution in [0.1, 0.15) is 30.2 Å². The van der Waals surface area contributed by atoms with Gasteiger partial charge in [-0.1, -0.05) is 17.3 Å². The minimum Gasteiger partial charge on any atom is -0.339 e. The van der Waals surface area contributed by atoms with E-state index in [-0.39, 0.29) is 41.5 Å². The molecule has 2 aliphatic rings. The Morgan fingerprint density at radius 2 is 1.92 bits per heavy atom. The van der Waals surface area contributed by atoms with Gasteiger partial charge in [-0.25, -0.2) is 8.42 Å². The highest BCUT2D eigenvalue weighted by molar-refractivity contribution is 7.90. The molecule has 2 aromatic rings. The van der Waals surface area contributed by atoms with Gasteiger partial charge >= 0.3 is 6.18 Å². The summed E-state index contributed by atoms with van der Waals surface area (Å²) in [4.78, 5) is 4.14. The van der Waals surface area contributed by atoms with Crippen molar-refractivity contribution in [3.63, 3.8) is 0 Å². The molecule has 1 aliphatic heterocycles. The smallest absolute Gasteiger partial charge is 0.339 e. The highest BCUT2D eigenvalue weighted by atomic mass is 32.2. The van der Waals surface area contributed by atoms with E-state index in [9.17, 15) is 21.6 Å². The molecule has 1 aliphatic carbocycles. The lowest BCUT2D eigenvalue weighted by Crippen LogP contribution is -2.49. The fourth-order valence-corrected chi connectivity index (χ4v) is 4.66. The maximum atomic E-state index is 12.8. The Morgan fingerprint density at radius 3 is 2.56 bits per heavy atom. The molecule has 1 saturated carbocycles. The molecular formula is C15H14F3N3O3S. The van der Waals surface area contributed by atoms with E-state index < -0.39 is 21.8 Å². The van der Waals surface area contributed by atoms with Crippen LogP contribution >= 0.6 is 0 Å². The molecule has 25 heavy (non-hydrogen) atoms.